The van der Waals surface area contributed by atoms with Crippen LogP contribution in [-0.4, -0.2) is 21.9 Å². The Morgan fingerprint density at radius 1 is 1.00 bits per heavy atom. The van der Waals surface area contributed by atoms with Crippen LogP contribution in [-0.2, 0) is 0 Å². The van der Waals surface area contributed by atoms with Crippen molar-refractivity contribution in [2.45, 2.75) is 99.2 Å². The predicted molar refractivity (Wildman–Crippen MR) is 104 cm³/mol. The predicted octanol–water partition coefficient (Wildman–Crippen LogP) is 5.52. The van der Waals surface area contributed by atoms with E-state index in [0.29, 0.717) is 41.4 Å². The van der Waals surface area contributed by atoms with Crippen LogP contribution in [0, 0.1) is 41.4 Å². The van der Waals surface area contributed by atoms with Crippen molar-refractivity contribution in [3.63, 3.8) is 0 Å². The fourth-order valence-electron chi connectivity index (χ4n) is 5.22. The summed E-state index contributed by atoms with van der Waals surface area (Å²) in [5.74, 6) is 3.45. The normalized spacial score (nSPS) is 36.4. The van der Waals surface area contributed by atoms with Crippen LogP contribution in [0.4, 0.5) is 0 Å². The number of aliphatic hydroxyl groups is 2. The van der Waals surface area contributed by atoms with Gasteiger partial charge in [-0.25, -0.2) is 0 Å². The summed E-state index contributed by atoms with van der Waals surface area (Å²) in [5.41, 5.74) is -0.513. The Balaban J connectivity index is 2.76. The highest BCUT2D eigenvalue weighted by Gasteiger charge is 2.48. The minimum absolute atomic E-state index is 0.224. The van der Waals surface area contributed by atoms with Gasteiger partial charge in [-0.15, -0.1) is 0 Å². The van der Waals surface area contributed by atoms with E-state index in [4.69, 9.17) is 0 Å². The van der Waals surface area contributed by atoms with Gasteiger partial charge < -0.3 is 10.2 Å². The molecule has 1 aliphatic rings. The minimum atomic E-state index is -0.513. The second kappa shape index (κ2) is 9.03. The number of hydrogen-bond acceptors (Lipinski definition) is 2. The highest BCUT2D eigenvalue weighted by molar-refractivity contribution is 4.98. The first-order valence-corrected chi connectivity index (χ1v) is 10.4. The summed E-state index contributed by atoms with van der Waals surface area (Å²) in [5, 5.41) is 21.4. The maximum Gasteiger partial charge on any atom is 0.0708 e. The van der Waals surface area contributed by atoms with Crippen LogP contribution in [0.1, 0.15) is 87.5 Å². The van der Waals surface area contributed by atoms with Crippen LogP contribution in [0.3, 0.4) is 0 Å². The zero-order valence-corrected chi connectivity index (χ0v) is 17.5. The molecule has 0 aromatic carbocycles. The van der Waals surface area contributed by atoms with Crippen LogP contribution in [0.5, 0.6) is 0 Å². The quantitative estimate of drug-likeness (QED) is 0.611. The Morgan fingerprint density at radius 2 is 1.58 bits per heavy atom. The lowest BCUT2D eigenvalue weighted by Gasteiger charge is -2.50. The standard InChI is InChI=1S/C22H44O2/c1-14(2)21(10-9-15(3)11-18(6)20(8)23)22(24)13-16(4)12-17(5)19(22)7/h14-21,23-24H,9-13H2,1-8H3. The Morgan fingerprint density at radius 3 is 2.08 bits per heavy atom. The van der Waals surface area contributed by atoms with Gasteiger partial charge in [0.05, 0.1) is 11.7 Å². The van der Waals surface area contributed by atoms with Gasteiger partial charge in [-0.2, -0.15) is 0 Å². The molecule has 144 valence electrons. The summed E-state index contributed by atoms with van der Waals surface area (Å²) in [7, 11) is 0. The molecule has 2 heteroatoms. The van der Waals surface area contributed by atoms with Gasteiger partial charge in [0.15, 0.2) is 0 Å². The van der Waals surface area contributed by atoms with Gasteiger partial charge in [0.1, 0.15) is 0 Å². The van der Waals surface area contributed by atoms with Crippen molar-refractivity contribution in [1.29, 1.82) is 0 Å². The van der Waals surface area contributed by atoms with Gasteiger partial charge in [0.25, 0.3) is 0 Å². The van der Waals surface area contributed by atoms with E-state index in [-0.39, 0.29) is 6.10 Å². The topological polar surface area (TPSA) is 40.5 Å². The van der Waals surface area contributed by atoms with Crippen molar-refractivity contribution in [1.82, 2.24) is 0 Å². The summed E-state index contributed by atoms with van der Waals surface area (Å²) in [4.78, 5) is 0. The third kappa shape index (κ3) is 5.46. The van der Waals surface area contributed by atoms with E-state index in [1.54, 1.807) is 0 Å². The second-order valence-corrected chi connectivity index (χ2v) is 9.79. The highest BCUT2D eigenvalue weighted by Crippen LogP contribution is 2.48. The second-order valence-electron chi connectivity index (χ2n) is 9.79. The maximum absolute atomic E-state index is 11.7. The molecule has 1 fully saturated rings. The van der Waals surface area contributed by atoms with Crippen LogP contribution < -0.4 is 0 Å². The smallest absolute Gasteiger partial charge is 0.0708 e. The van der Waals surface area contributed by atoms with E-state index in [0.717, 1.165) is 25.7 Å². The molecule has 8 unspecified atom stereocenters. The van der Waals surface area contributed by atoms with E-state index in [1.807, 2.05) is 6.92 Å². The first-order chi connectivity index (χ1) is 11.0. The summed E-state index contributed by atoms with van der Waals surface area (Å²) < 4.78 is 0. The molecule has 1 saturated carbocycles. The van der Waals surface area contributed by atoms with E-state index in [2.05, 4.69) is 48.5 Å². The van der Waals surface area contributed by atoms with Gasteiger partial charge in [0, 0.05) is 0 Å². The molecule has 0 aromatic rings. The van der Waals surface area contributed by atoms with E-state index in [9.17, 15) is 10.2 Å². The van der Waals surface area contributed by atoms with E-state index >= 15 is 0 Å². The molecular formula is C22H44O2. The van der Waals surface area contributed by atoms with E-state index < -0.39 is 5.60 Å². The molecule has 2 nitrogen and oxygen atoms in total. The molecule has 0 spiro atoms. The van der Waals surface area contributed by atoms with Crippen molar-refractivity contribution in [2.24, 2.45) is 41.4 Å². The van der Waals surface area contributed by atoms with E-state index in [1.165, 1.54) is 6.42 Å². The van der Waals surface area contributed by atoms with Crippen LogP contribution in [0.15, 0.2) is 0 Å². The SMILES string of the molecule is CC(CCC(C(C)C)C1(O)CC(C)CC(C)C1C)CC(C)C(C)O. The molecule has 1 rings (SSSR count). The molecule has 8 atom stereocenters. The first-order valence-electron chi connectivity index (χ1n) is 10.4. The monoisotopic (exact) mass is 340 g/mol. The zero-order valence-electron chi connectivity index (χ0n) is 17.5. The summed E-state index contributed by atoms with van der Waals surface area (Å²) in [6.45, 7) is 17.8. The number of rotatable bonds is 8. The largest absolute Gasteiger partial charge is 0.393 e. The molecule has 2 N–H and O–H groups in total. The third-order valence-electron chi connectivity index (χ3n) is 7.11. The Hall–Kier alpha value is -0.0800. The number of aliphatic hydroxyl groups excluding tert-OH is 1. The summed E-state index contributed by atoms with van der Waals surface area (Å²) >= 11 is 0. The van der Waals surface area contributed by atoms with Crippen molar-refractivity contribution in [2.75, 3.05) is 0 Å². The van der Waals surface area contributed by atoms with Gasteiger partial charge in [0.2, 0.25) is 0 Å². The van der Waals surface area contributed by atoms with Crippen LogP contribution in [0.2, 0.25) is 0 Å². The molecular weight excluding hydrogens is 296 g/mol. The lowest BCUT2D eigenvalue weighted by atomic mass is 9.59. The number of hydrogen-bond donors (Lipinski definition) is 2. The molecule has 0 radical (unpaired) electrons. The fraction of sp³-hybridized carbons (Fsp3) is 1.00. The van der Waals surface area contributed by atoms with Crippen molar-refractivity contribution < 1.29 is 10.2 Å². The third-order valence-corrected chi connectivity index (χ3v) is 7.11. The molecule has 0 heterocycles. The Kier molecular flexibility index (Phi) is 8.26. The summed E-state index contributed by atoms with van der Waals surface area (Å²) in [6, 6.07) is 0. The zero-order chi connectivity index (χ0) is 18.7. The maximum atomic E-state index is 11.7. The highest BCUT2D eigenvalue weighted by atomic mass is 16.3. The molecule has 0 saturated heterocycles. The summed E-state index contributed by atoms with van der Waals surface area (Å²) in [6.07, 6.45) is 5.31. The average molecular weight is 341 g/mol. The van der Waals surface area contributed by atoms with Crippen LogP contribution in [0.25, 0.3) is 0 Å². The van der Waals surface area contributed by atoms with Crippen molar-refractivity contribution in [3.05, 3.63) is 0 Å². The average Bonchev–Trinajstić information content (AvgIpc) is 2.44. The van der Waals surface area contributed by atoms with Crippen molar-refractivity contribution >= 4 is 0 Å². The molecule has 0 bridgehead atoms. The van der Waals surface area contributed by atoms with Gasteiger partial charge in [-0.3, -0.25) is 0 Å². The first kappa shape index (κ1) is 22.0. The van der Waals surface area contributed by atoms with Crippen molar-refractivity contribution in [3.8, 4) is 0 Å². The van der Waals surface area contributed by atoms with Gasteiger partial charge in [-0.05, 0) is 74.0 Å². The minimum Gasteiger partial charge on any atom is -0.393 e. The molecule has 24 heavy (non-hydrogen) atoms. The molecule has 0 aromatic heterocycles. The Labute approximate surface area is 151 Å². The fourth-order valence-corrected chi connectivity index (χ4v) is 5.22. The molecule has 0 amide bonds. The molecule has 0 aliphatic heterocycles. The Bertz CT molecular complexity index is 365. The lowest BCUT2D eigenvalue weighted by molar-refractivity contribution is -0.135. The van der Waals surface area contributed by atoms with Gasteiger partial charge >= 0.3 is 0 Å². The van der Waals surface area contributed by atoms with Crippen LogP contribution >= 0.6 is 0 Å². The lowest BCUT2D eigenvalue weighted by Crippen LogP contribution is -2.52. The van der Waals surface area contributed by atoms with Gasteiger partial charge in [-0.1, -0.05) is 54.9 Å². The molecule has 1 aliphatic carbocycles.